The van der Waals surface area contributed by atoms with E-state index in [1.165, 1.54) is 12.0 Å². The van der Waals surface area contributed by atoms with Gasteiger partial charge in [-0.1, -0.05) is 0 Å². The van der Waals surface area contributed by atoms with Crippen LogP contribution in [0.4, 0.5) is 9.32 Å². The molecular weight excluding hydrogens is 277 g/mol. The lowest BCUT2D eigenvalue weighted by molar-refractivity contribution is -0.0792. The van der Waals surface area contributed by atoms with Crippen LogP contribution >= 0.6 is 11.3 Å². The minimum atomic E-state index is -1.03. The third kappa shape index (κ3) is 2.48. The van der Waals surface area contributed by atoms with Crippen molar-refractivity contribution >= 4 is 23.4 Å². The van der Waals surface area contributed by atoms with Gasteiger partial charge in [0.1, 0.15) is 5.75 Å². The topological polar surface area (TPSA) is 76.1 Å². The van der Waals surface area contributed by atoms with E-state index in [0.717, 1.165) is 21.8 Å². The zero-order valence-corrected chi connectivity index (χ0v) is 11.0. The largest absolute Gasteiger partial charge is 0.495 e. The van der Waals surface area contributed by atoms with Gasteiger partial charge in [-0.15, -0.1) is 11.3 Å². The van der Waals surface area contributed by atoms with E-state index >= 15 is 0 Å². The monoisotopic (exact) mass is 289 g/mol. The predicted octanol–water partition coefficient (Wildman–Crippen LogP) is 1.88. The van der Waals surface area contributed by atoms with Gasteiger partial charge in [-0.05, 0) is 12.8 Å². The first-order valence-corrected chi connectivity index (χ1v) is 6.39. The Kier molecular flexibility index (Phi) is 3.89. The molecule has 1 aromatic heterocycles. The van der Waals surface area contributed by atoms with Crippen LogP contribution in [0.1, 0.15) is 20.1 Å². The number of carbonyl (C=O) groups is 2. The van der Waals surface area contributed by atoms with Gasteiger partial charge in [0, 0.05) is 28.1 Å². The van der Waals surface area contributed by atoms with Gasteiger partial charge in [0.25, 0.3) is 0 Å². The van der Waals surface area contributed by atoms with Gasteiger partial charge >= 0.3 is 12.1 Å². The number of ether oxygens (including phenoxy) is 1. The van der Waals surface area contributed by atoms with Crippen molar-refractivity contribution < 1.29 is 28.9 Å². The van der Waals surface area contributed by atoms with E-state index in [0.29, 0.717) is 25.1 Å². The zero-order valence-electron chi connectivity index (χ0n) is 10.1. The Morgan fingerprint density at radius 2 is 2.05 bits per heavy atom. The Bertz CT molecular complexity index is 515. The lowest BCUT2D eigenvalue weighted by Gasteiger charge is -2.16. The summed E-state index contributed by atoms with van der Waals surface area (Å²) in [6, 6.07) is 0. The summed E-state index contributed by atoms with van der Waals surface area (Å²) in [6.07, 6.45) is -0.150. The number of rotatable bonds is 2. The summed E-state index contributed by atoms with van der Waals surface area (Å²) in [5.41, 5.74) is 0.777. The van der Waals surface area contributed by atoms with Crippen molar-refractivity contribution in [1.82, 2.24) is 4.90 Å². The van der Waals surface area contributed by atoms with E-state index in [4.69, 9.17) is 9.84 Å². The summed E-state index contributed by atoms with van der Waals surface area (Å²) >= 11 is 1.13. The molecule has 1 aliphatic heterocycles. The highest BCUT2D eigenvalue weighted by Gasteiger charge is 2.28. The molecule has 6 nitrogen and oxygen atoms in total. The number of carboxylic acid groups (broad SMARTS) is 1. The van der Waals surface area contributed by atoms with Crippen molar-refractivity contribution in [3.8, 4) is 5.75 Å². The summed E-state index contributed by atoms with van der Waals surface area (Å²) in [5, 5.41) is 9.09. The minimum Gasteiger partial charge on any atom is -0.495 e. The quantitative estimate of drug-likeness (QED) is 0.899. The van der Waals surface area contributed by atoms with Crippen LogP contribution in [0, 0.1) is 0 Å². The number of halogens is 1. The molecule has 0 spiro atoms. The first-order valence-electron chi connectivity index (χ1n) is 5.57. The molecule has 1 aromatic rings. The molecule has 1 N–H and O–H groups in total. The fourth-order valence-electron chi connectivity index (χ4n) is 2.13. The van der Waals surface area contributed by atoms with Crippen LogP contribution in [-0.2, 0) is 17.8 Å². The van der Waals surface area contributed by atoms with Crippen LogP contribution in [0.2, 0.25) is 0 Å². The van der Waals surface area contributed by atoms with Crippen molar-refractivity contribution in [2.75, 3.05) is 20.2 Å². The summed E-state index contributed by atoms with van der Waals surface area (Å²) < 4.78 is 17.0. The van der Waals surface area contributed by atoms with Crippen LogP contribution in [0.3, 0.4) is 0 Å². The Morgan fingerprint density at radius 3 is 2.63 bits per heavy atom. The van der Waals surface area contributed by atoms with Crippen molar-refractivity contribution in [2.45, 2.75) is 12.8 Å². The summed E-state index contributed by atoms with van der Waals surface area (Å²) in [6.45, 7) is 0.556. The number of nitrogens with zero attached hydrogens (tertiary/aromatic N) is 1. The van der Waals surface area contributed by atoms with E-state index in [1.807, 2.05) is 0 Å². The molecule has 0 radical (unpaired) electrons. The minimum absolute atomic E-state index is 0.161. The predicted molar refractivity (Wildman–Crippen MR) is 64.4 cm³/mol. The molecule has 0 unspecified atom stereocenters. The molecule has 1 amide bonds. The first kappa shape index (κ1) is 13.6. The van der Waals surface area contributed by atoms with Gasteiger partial charge < -0.3 is 14.7 Å². The normalized spacial score (nSPS) is 14.5. The van der Waals surface area contributed by atoms with E-state index in [9.17, 15) is 14.1 Å². The molecule has 0 aromatic carbocycles. The fourth-order valence-corrected chi connectivity index (χ4v) is 3.28. The van der Waals surface area contributed by atoms with E-state index in [1.54, 1.807) is 0 Å². The van der Waals surface area contributed by atoms with Crippen LogP contribution < -0.4 is 4.74 Å². The molecule has 2 heterocycles. The fraction of sp³-hybridized carbons (Fsp3) is 0.455. The maximum atomic E-state index is 11.9. The average molecular weight is 289 g/mol. The van der Waals surface area contributed by atoms with E-state index in [2.05, 4.69) is 4.94 Å². The number of methoxy groups -OCH3 is 1. The second kappa shape index (κ2) is 5.43. The second-order valence-electron chi connectivity index (χ2n) is 4.00. The van der Waals surface area contributed by atoms with E-state index in [-0.39, 0.29) is 11.4 Å². The number of amides is 1. The third-order valence-electron chi connectivity index (χ3n) is 3.01. The first-order chi connectivity index (χ1) is 9.08. The zero-order chi connectivity index (χ0) is 14.0. The SMILES string of the molecule is COc1c(C(=O)O)sc2c1CCN(C(=O)OF)CC2. The standard InChI is InChI=1S/C11H12FNO5S/c1-17-8-6-2-4-13(11(16)18-12)5-3-7(6)19-9(8)10(14)15/h2-5H2,1H3,(H,14,15). The van der Waals surface area contributed by atoms with Gasteiger partial charge in [-0.25, -0.2) is 14.5 Å². The van der Waals surface area contributed by atoms with Crippen molar-refractivity contribution in [3.63, 3.8) is 0 Å². The van der Waals surface area contributed by atoms with Gasteiger partial charge in [0.15, 0.2) is 4.88 Å². The summed E-state index contributed by atoms with van der Waals surface area (Å²) in [5.74, 6) is -0.696. The maximum Gasteiger partial charge on any atom is 0.447 e. The molecule has 0 aliphatic carbocycles. The Balaban J connectivity index is 2.28. The van der Waals surface area contributed by atoms with Crippen LogP contribution in [0.15, 0.2) is 0 Å². The summed E-state index contributed by atoms with van der Waals surface area (Å²) in [4.78, 5) is 27.7. The molecule has 2 rings (SSSR count). The summed E-state index contributed by atoms with van der Waals surface area (Å²) in [7, 11) is 1.41. The Morgan fingerprint density at radius 1 is 1.37 bits per heavy atom. The highest BCUT2D eigenvalue weighted by Crippen LogP contribution is 2.37. The molecule has 19 heavy (non-hydrogen) atoms. The van der Waals surface area contributed by atoms with E-state index < -0.39 is 12.1 Å². The number of thiophene rings is 1. The van der Waals surface area contributed by atoms with Gasteiger partial charge in [0.05, 0.1) is 7.11 Å². The molecule has 8 heteroatoms. The molecule has 0 saturated carbocycles. The van der Waals surface area contributed by atoms with Gasteiger partial charge in [-0.2, -0.15) is 0 Å². The number of aromatic carboxylic acids is 1. The number of hydrogen-bond acceptors (Lipinski definition) is 5. The Labute approximate surface area is 112 Å². The maximum absolute atomic E-state index is 11.9. The van der Waals surface area contributed by atoms with Crippen molar-refractivity contribution in [3.05, 3.63) is 15.3 Å². The van der Waals surface area contributed by atoms with Gasteiger partial charge in [0.2, 0.25) is 0 Å². The molecule has 1 aliphatic rings. The molecule has 0 fully saturated rings. The number of hydrogen-bond donors (Lipinski definition) is 1. The molecule has 0 saturated heterocycles. The van der Waals surface area contributed by atoms with Gasteiger partial charge in [-0.3, -0.25) is 0 Å². The molecule has 104 valence electrons. The third-order valence-corrected chi connectivity index (χ3v) is 4.27. The lowest BCUT2D eigenvalue weighted by atomic mass is 10.1. The molecule has 0 bridgehead atoms. The number of carboxylic acids is 1. The van der Waals surface area contributed by atoms with Crippen LogP contribution in [-0.4, -0.2) is 42.3 Å². The highest BCUT2D eigenvalue weighted by atomic mass is 32.1. The average Bonchev–Trinajstić information content (AvgIpc) is 2.63. The lowest BCUT2D eigenvalue weighted by Crippen LogP contribution is -2.32. The van der Waals surface area contributed by atoms with Crippen molar-refractivity contribution in [2.24, 2.45) is 0 Å². The van der Waals surface area contributed by atoms with Crippen molar-refractivity contribution in [1.29, 1.82) is 0 Å². The molecular formula is C11H12FNO5S. The smallest absolute Gasteiger partial charge is 0.447 e. The molecule has 0 atom stereocenters. The number of fused-ring (bicyclic) bond motifs is 1. The highest BCUT2D eigenvalue weighted by molar-refractivity contribution is 7.14. The number of carbonyl (C=O) groups excluding carboxylic acids is 1. The van der Waals surface area contributed by atoms with Crippen LogP contribution in [0.5, 0.6) is 5.75 Å². The second-order valence-corrected chi connectivity index (χ2v) is 5.11. The van der Waals surface area contributed by atoms with Crippen LogP contribution in [0.25, 0.3) is 0 Å². The Hall–Kier alpha value is -1.83.